The van der Waals surface area contributed by atoms with E-state index in [1.54, 1.807) is 0 Å². The molecule has 1 fully saturated rings. The lowest BCUT2D eigenvalue weighted by Gasteiger charge is -2.19. The number of aromatic hydroxyl groups is 1. The summed E-state index contributed by atoms with van der Waals surface area (Å²) in [7, 11) is 0. The number of nitrogens with zero attached hydrogens (tertiary/aromatic N) is 1. The number of anilines is 1. The van der Waals surface area contributed by atoms with Gasteiger partial charge >= 0.3 is 0 Å². The Hall–Kier alpha value is -3.31. The lowest BCUT2D eigenvalue weighted by atomic mass is 9.87. The van der Waals surface area contributed by atoms with Gasteiger partial charge in [0.25, 0.3) is 0 Å². The molecule has 0 aromatic heterocycles. The predicted octanol–water partition coefficient (Wildman–Crippen LogP) is 7.25. The smallest absolute Gasteiger partial charge is 0.119 e. The molecule has 5 heteroatoms. The van der Waals surface area contributed by atoms with E-state index in [-0.39, 0.29) is 18.3 Å². The fourth-order valence-corrected chi connectivity index (χ4v) is 6.60. The molecule has 2 heterocycles. The van der Waals surface area contributed by atoms with Crippen molar-refractivity contribution in [3.63, 3.8) is 0 Å². The summed E-state index contributed by atoms with van der Waals surface area (Å²) in [5, 5.41) is 13.9. The Kier molecular flexibility index (Phi) is 7.11. The van der Waals surface area contributed by atoms with Crippen molar-refractivity contribution in [3.8, 4) is 11.5 Å². The minimum Gasteiger partial charge on any atom is -0.508 e. The fraction of sp³-hybridized carbons (Fsp3) is 0.412. The first kappa shape index (κ1) is 25.9. The van der Waals surface area contributed by atoms with Gasteiger partial charge in [-0.15, -0.1) is 0 Å². The Morgan fingerprint density at radius 3 is 2.64 bits per heavy atom. The Balaban J connectivity index is 1.34. The number of likely N-dealkylation sites (tertiary alicyclic amines) is 1. The minimum absolute atomic E-state index is 0.0746. The lowest BCUT2D eigenvalue weighted by molar-refractivity contribution is 0.198. The monoisotopic (exact) mass is 526 g/mol. The van der Waals surface area contributed by atoms with E-state index in [2.05, 4.69) is 72.6 Å². The van der Waals surface area contributed by atoms with Crippen molar-refractivity contribution in [2.24, 2.45) is 0 Å². The van der Waals surface area contributed by atoms with E-state index in [1.807, 2.05) is 12.1 Å². The third-order valence-corrected chi connectivity index (χ3v) is 8.37. The molecule has 4 nitrogen and oxygen atoms in total. The van der Waals surface area contributed by atoms with Gasteiger partial charge in [0.05, 0.1) is 6.67 Å². The summed E-state index contributed by atoms with van der Waals surface area (Å²) < 4.78 is 18.9. The van der Waals surface area contributed by atoms with Gasteiger partial charge in [-0.25, -0.2) is 0 Å². The van der Waals surface area contributed by atoms with Gasteiger partial charge in [-0.1, -0.05) is 24.3 Å². The summed E-state index contributed by atoms with van der Waals surface area (Å²) in [6.45, 7) is 6.88. The lowest BCUT2D eigenvalue weighted by Crippen LogP contribution is -2.26. The van der Waals surface area contributed by atoms with E-state index in [0.29, 0.717) is 12.2 Å². The number of phenolic OH excluding ortho intramolecular Hbond substituents is 1. The van der Waals surface area contributed by atoms with Gasteiger partial charge in [-0.2, -0.15) is 0 Å². The Morgan fingerprint density at radius 2 is 1.82 bits per heavy atom. The number of hydrogen-bond donors (Lipinski definition) is 2. The molecule has 3 aromatic rings. The molecule has 0 radical (unpaired) electrons. The molecule has 0 amide bonds. The second-order valence-electron chi connectivity index (χ2n) is 12.0. The number of allylic oxidation sites excluding steroid dienone is 1. The molecular weight excluding hydrogens is 487 g/mol. The maximum Gasteiger partial charge on any atom is 0.119 e. The zero-order chi connectivity index (χ0) is 27.0. The molecule has 1 aliphatic carbocycles. The van der Waals surface area contributed by atoms with Crippen LogP contribution < -0.4 is 10.1 Å². The molecule has 0 spiro atoms. The molecule has 6 rings (SSSR count). The number of benzene rings is 3. The van der Waals surface area contributed by atoms with Gasteiger partial charge in [0.1, 0.15) is 17.6 Å². The summed E-state index contributed by atoms with van der Waals surface area (Å²) in [4.78, 5) is 2.29. The molecule has 1 saturated heterocycles. The predicted molar refractivity (Wildman–Crippen MR) is 157 cm³/mol. The molecule has 0 bridgehead atoms. The number of alkyl halides is 1. The first-order valence-electron chi connectivity index (χ1n) is 14.4. The number of fused-ring (bicyclic) bond motifs is 2. The number of halogens is 1. The van der Waals surface area contributed by atoms with Crippen molar-refractivity contribution in [2.75, 3.05) is 31.6 Å². The summed E-state index contributed by atoms with van der Waals surface area (Å²) in [5.74, 6) is 1.20. The van der Waals surface area contributed by atoms with E-state index in [0.717, 1.165) is 57.5 Å². The van der Waals surface area contributed by atoms with Crippen LogP contribution in [0.15, 0.2) is 60.7 Å². The van der Waals surface area contributed by atoms with Crippen LogP contribution >= 0.6 is 0 Å². The summed E-state index contributed by atoms with van der Waals surface area (Å²) >= 11 is 0. The highest BCUT2D eigenvalue weighted by atomic mass is 19.1. The summed E-state index contributed by atoms with van der Waals surface area (Å²) in [6, 6.07) is 21.2. The van der Waals surface area contributed by atoms with E-state index in [1.165, 1.54) is 44.7 Å². The fourth-order valence-electron chi connectivity index (χ4n) is 6.60. The number of ether oxygens (including phenoxy) is 1. The SMILES string of the molecule is CC1(C)Cc2cc(C3=C(c4ccc(O[C@H]5CCN(CCCF)C5)cc4)c4ccc(O)cc4CCC3)ccc2N1. The van der Waals surface area contributed by atoms with E-state index in [4.69, 9.17) is 4.74 Å². The average Bonchev–Trinajstić information content (AvgIpc) is 3.43. The zero-order valence-corrected chi connectivity index (χ0v) is 23.1. The normalized spacial score (nSPS) is 20.3. The number of nitrogens with one attached hydrogen (secondary N) is 1. The van der Waals surface area contributed by atoms with E-state index >= 15 is 0 Å². The van der Waals surface area contributed by atoms with Crippen molar-refractivity contribution < 1.29 is 14.2 Å². The molecule has 0 unspecified atom stereocenters. The van der Waals surface area contributed by atoms with Crippen LogP contribution in [-0.2, 0) is 12.8 Å². The van der Waals surface area contributed by atoms with Crippen molar-refractivity contribution in [2.45, 2.75) is 64.0 Å². The highest BCUT2D eigenvalue weighted by Gasteiger charge is 2.29. The van der Waals surface area contributed by atoms with Gasteiger partial charge < -0.3 is 15.2 Å². The Morgan fingerprint density at radius 1 is 1.00 bits per heavy atom. The second kappa shape index (κ2) is 10.7. The van der Waals surface area contributed by atoms with Gasteiger partial charge in [-0.05, 0) is 128 Å². The van der Waals surface area contributed by atoms with Crippen LogP contribution in [0.25, 0.3) is 11.1 Å². The topological polar surface area (TPSA) is 44.7 Å². The number of phenols is 1. The highest BCUT2D eigenvalue weighted by molar-refractivity contribution is 6.00. The van der Waals surface area contributed by atoms with Crippen molar-refractivity contribution in [1.82, 2.24) is 4.90 Å². The second-order valence-corrected chi connectivity index (χ2v) is 12.0. The largest absolute Gasteiger partial charge is 0.508 e. The molecule has 0 saturated carbocycles. The number of hydrogen-bond acceptors (Lipinski definition) is 4. The van der Waals surface area contributed by atoms with Crippen molar-refractivity contribution in [1.29, 1.82) is 0 Å². The van der Waals surface area contributed by atoms with Gasteiger partial charge in [0, 0.05) is 30.9 Å². The number of rotatable bonds is 7. The van der Waals surface area contributed by atoms with Gasteiger partial charge in [0.15, 0.2) is 0 Å². The van der Waals surface area contributed by atoms with E-state index < -0.39 is 0 Å². The molecular formula is C34H39FN2O2. The Bertz CT molecular complexity index is 1380. The molecule has 2 aliphatic heterocycles. The molecule has 204 valence electrons. The Labute approximate surface area is 231 Å². The van der Waals surface area contributed by atoms with Crippen LogP contribution in [0.2, 0.25) is 0 Å². The summed E-state index contributed by atoms with van der Waals surface area (Å²) in [5.41, 5.74) is 10.1. The average molecular weight is 527 g/mol. The first-order valence-corrected chi connectivity index (χ1v) is 14.4. The molecule has 39 heavy (non-hydrogen) atoms. The quantitative estimate of drug-likeness (QED) is 0.340. The van der Waals surface area contributed by atoms with Gasteiger partial charge in [0.2, 0.25) is 0 Å². The third kappa shape index (κ3) is 5.56. The van der Waals surface area contributed by atoms with Crippen LogP contribution in [0.4, 0.5) is 10.1 Å². The highest BCUT2D eigenvalue weighted by Crippen LogP contribution is 2.43. The van der Waals surface area contributed by atoms with Crippen LogP contribution in [0.3, 0.4) is 0 Å². The van der Waals surface area contributed by atoms with Crippen LogP contribution in [0.1, 0.15) is 67.3 Å². The van der Waals surface area contributed by atoms with Crippen molar-refractivity contribution >= 4 is 16.8 Å². The van der Waals surface area contributed by atoms with Gasteiger partial charge in [-0.3, -0.25) is 9.29 Å². The standard InChI is InChI=1S/C34H39FN2O2/c1-34(2)21-26-19-25(9-14-32(26)36-34)30-6-3-5-24-20-27(38)10-13-31(24)33(30)23-7-11-28(12-8-23)39-29-15-18-37(22-29)17-4-16-35/h7-14,19-20,29,36,38H,3-6,15-18,21-22H2,1-2H3/t29-/m0/s1. The maximum atomic E-state index is 12.6. The van der Waals surface area contributed by atoms with Crippen LogP contribution in [0, 0.1) is 0 Å². The minimum atomic E-state index is -0.260. The number of aryl methyl sites for hydroxylation is 1. The molecule has 2 N–H and O–H groups in total. The van der Waals surface area contributed by atoms with Crippen molar-refractivity contribution in [3.05, 3.63) is 88.5 Å². The molecule has 3 aliphatic rings. The maximum absolute atomic E-state index is 12.6. The van der Waals surface area contributed by atoms with E-state index in [9.17, 15) is 9.50 Å². The third-order valence-electron chi connectivity index (χ3n) is 8.37. The van der Waals surface area contributed by atoms with Crippen LogP contribution in [0.5, 0.6) is 11.5 Å². The summed E-state index contributed by atoms with van der Waals surface area (Å²) in [6.07, 6.45) is 5.70. The first-order chi connectivity index (χ1) is 18.9. The zero-order valence-electron chi connectivity index (χ0n) is 23.1. The molecule has 1 atom stereocenters. The molecule has 3 aromatic carbocycles. The van der Waals surface area contributed by atoms with Crippen LogP contribution in [-0.4, -0.2) is 48.0 Å².